The van der Waals surface area contributed by atoms with Gasteiger partial charge in [-0.25, -0.2) is 4.79 Å². The molecule has 8 heteroatoms. The zero-order valence-electron chi connectivity index (χ0n) is 12.0. The molecule has 0 N–H and O–H groups in total. The van der Waals surface area contributed by atoms with Gasteiger partial charge < -0.3 is 9.26 Å². The number of methoxy groups -OCH3 is 1. The van der Waals surface area contributed by atoms with Crippen molar-refractivity contribution in [1.82, 2.24) is 5.16 Å². The minimum absolute atomic E-state index is 0.00701. The predicted octanol–water partition coefficient (Wildman–Crippen LogP) is 4.83. The molecule has 22 heavy (non-hydrogen) atoms. The average molecular weight is 336 g/mol. The zero-order chi connectivity index (χ0) is 16.9. The highest BCUT2D eigenvalue weighted by molar-refractivity contribution is 6.31. The van der Waals surface area contributed by atoms with Gasteiger partial charge in [-0.1, -0.05) is 30.6 Å². The molecule has 0 aliphatic carbocycles. The average Bonchev–Trinajstić information content (AvgIpc) is 2.97. The molecule has 0 unspecified atom stereocenters. The lowest BCUT2D eigenvalue weighted by molar-refractivity contribution is -0.137. The summed E-state index contributed by atoms with van der Waals surface area (Å²) in [4.78, 5) is 11.2. The Morgan fingerprint density at radius 2 is 1.91 bits per heavy atom. The van der Waals surface area contributed by atoms with E-state index in [0.29, 0.717) is 0 Å². The molecular weight excluding hydrogens is 323 g/mol. The van der Waals surface area contributed by atoms with Crippen LogP contribution in [0.1, 0.15) is 29.9 Å². The highest BCUT2D eigenvalue weighted by Crippen LogP contribution is 2.37. The normalized spacial score (nSPS) is 10.7. The topological polar surface area (TPSA) is 52.3 Å². The molecule has 0 aliphatic rings. The summed E-state index contributed by atoms with van der Waals surface area (Å²) >= 11 is 5.51. The Morgan fingerprint density at radius 3 is 2.45 bits per heavy atom. The second kappa shape index (κ2) is 7.31. The molecule has 1 heterocycles. The summed E-state index contributed by atoms with van der Waals surface area (Å²) < 4.78 is 47.4. The SMILES string of the molecule is CC.COC(=O)c1cc(-c2ccc(Cl)c(C(F)(F)F)c2)on1. The van der Waals surface area contributed by atoms with E-state index >= 15 is 0 Å². The fourth-order valence-electron chi connectivity index (χ4n) is 1.51. The van der Waals surface area contributed by atoms with Crippen LogP contribution in [0.5, 0.6) is 0 Å². The second-order valence-corrected chi connectivity index (χ2v) is 4.17. The van der Waals surface area contributed by atoms with Crippen LogP contribution >= 0.6 is 11.6 Å². The van der Waals surface area contributed by atoms with Crippen molar-refractivity contribution in [1.29, 1.82) is 0 Å². The standard InChI is InChI=1S/C12H7ClF3NO3.C2H6/c1-19-11(18)9-5-10(20-17-9)6-2-3-8(13)7(4-6)12(14,15)16;1-2/h2-5H,1H3;1-2H3. The fourth-order valence-corrected chi connectivity index (χ4v) is 1.73. The third-order valence-corrected chi connectivity index (χ3v) is 2.79. The first kappa shape index (κ1) is 18.0. The lowest BCUT2D eigenvalue weighted by Gasteiger charge is -2.09. The molecule has 0 bridgehead atoms. The Hall–Kier alpha value is -2.02. The van der Waals surface area contributed by atoms with E-state index in [1.165, 1.54) is 12.1 Å². The molecule has 0 radical (unpaired) electrons. The number of hydrogen-bond acceptors (Lipinski definition) is 4. The van der Waals surface area contributed by atoms with Gasteiger partial charge in [-0.2, -0.15) is 13.2 Å². The molecular formula is C14H13ClF3NO3. The molecule has 0 fully saturated rings. The summed E-state index contributed by atoms with van der Waals surface area (Å²) in [6.07, 6.45) is -4.59. The van der Waals surface area contributed by atoms with E-state index in [-0.39, 0.29) is 17.0 Å². The lowest BCUT2D eigenvalue weighted by Crippen LogP contribution is -2.05. The molecule has 1 aromatic heterocycles. The van der Waals surface area contributed by atoms with Gasteiger partial charge in [0.25, 0.3) is 0 Å². The number of nitrogens with zero attached hydrogens (tertiary/aromatic N) is 1. The van der Waals surface area contributed by atoms with Crippen LogP contribution in [0.15, 0.2) is 28.8 Å². The first-order chi connectivity index (χ1) is 10.3. The number of carbonyl (C=O) groups is 1. The van der Waals surface area contributed by atoms with Crippen molar-refractivity contribution in [3.8, 4) is 11.3 Å². The van der Waals surface area contributed by atoms with Gasteiger partial charge in [0.05, 0.1) is 17.7 Å². The third kappa shape index (κ3) is 4.00. The summed E-state index contributed by atoms with van der Waals surface area (Å²) in [5.74, 6) is -0.738. The maximum absolute atomic E-state index is 12.7. The Morgan fingerprint density at radius 1 is 1.27 bits per heavy atom. The molecule has 0 spiro atoms. The first-order valence-corrected chi connectivity index (χ1v) is 6.63. The summed E-state index contributed by atoms with van der Waals surface area (Å²) in [6.45, 7) is 4.00. The van der Waals surface area contributed by atoms with Crippen molar-refractivity contribution in [2.45, 2.75) is 20.0 Å². The molecule has 2 aromatic rings. The van der Waals surface area contributed by atoms with Crippen LogP contribution in [-0.4, -0.2) is 18.2 Å². The largest absolute Gasteiger partial charge is 0.464 e. The van der Waals surface area contributed by atoms with Crippen LogP contribution in [-0.2, 0) is 10.9 Å². The smallest absolute Gasteiger partial charge is 0.417 e. The summed E-state index contributed by atoms with van der Waals surface area (Å²) in [7, 11) is 1.15. The number of esters is 1. The molecule has 0 amide bonds. The molecule has 0 aliphatic heterocycles. The number of halogens is 4. The Kier molecular flexibility index (Phi) is 5.99. The quantitative estimate of drug-likeness (QED) is 0.738. The molecule has 0 saturated carbocycles. The van der Waals surface area contributed by atoms with Gasteiger partial charge in [-0.05, 0) is 18.2 Å². The maximum Gasteiger partial charge on any atom is 0.417 e. The molecule has 4 nitrogen and oxygen atoms in total. The van der Waals surface area contributed by atoms with E-state index < -0.39 is 22.7 Å². The van der Waals surface area contributed by atoms with E-state index in [2.05, 4.69) is 9.89 Å². The number of aromatic nitrogens is 1. The molecule has 120 valence electrons. The van der Waals surface area contributed by atoms with Crippen LogP contribution in [0.4, 0.5) is 13.2 Å². The predicted molar refractivity (Wildman–Crippen MR) is 74.6 cm³/mol. The van der Waals surface area contributed by atoms with Gasteiger partial charge in [-0.15, -0.1) is 0 Å². The molecule has 0 saturated heterocycles. The van der Waals surface area contributed by atoms with Gasteiger partial charge in [0, 0.05) is 11.6 Å². The second-order valence-electron chi connectivity index (χ2n) is 3.76. The van der Waals surface area contributed by atoms with Crippen LogP contribution in [0, 0.1) is 0 Å². The summed E-state index contributed by atoms with van der Waals surface area (Å²) in [5.41, 5.74) is -1.02. The Labute approximate surface area is 129 Å². The Balaban J connectivity index is 0.00000116. The van der Waals surface area contributed by atoms with Crippen molar-refractivity contribution in [3.63, 3.8) is 0 Å². The highest BCUT2D eigenvalue weighted by atomic mass is 35.5. The number of hydrogen-bond donors (Lipinski definition) is 0. The van der Waals surface area contributed by atoms with Crippen molar-refractivity contribution >= 4 is 17.6 Å². The Bertz CT molecular complexity index is 653. The van der Waals surface area contributed by atoms with Crippen LogP contribution in [0.3, 0.4) is 0 Å². The third-order valence-electron chi connectivity index (χ3n) is 2.46. The van der Waals surface area contributed by atoms with Gasteiger partial charge in [0.15, 0.2) is 11.5 Å². The van der Waals surface area contributed by atoms with Crippen molar-refractivity contribution in [3.05, 3.63) is 40.5 Å². The van der Waals surface area contributed by atoms with E-state index in [1.54, 1.807) is 0 Å². The molecule has 2 rings (SSSR count). The van der Waals surface area contributed by atoms with Crippen molar-refractivity contribution < 1.29 is 27.2 Å². The minimum Gasteiger partial charge on any atom is -0.464 e. The summed E-state index contributed by atoms with van der Waals surface area (Å²) in [5, 5.41) is 2.99. The van der Waals surface area contributed by atoms with Crippen molar-refractivity contribution in [2.24, 2.45) is 0 Å². The number of benzene rings is 1. The van der Waals surface area contributed by atoms with Gasteiger partial charge >= 0.3 is 12.1 Å². The van der Waals surface area contributed by atoms with E-state index in [1.807, 2.05) is 13.8 Å². The van der Waals surface area contributed by atoms with Crippen LogP contribution < -0.4 is 0 Å². The number of ether oxygens (including phenoxy) is 1. The lowest BCUT2D eigenvalue weighted by atomic mass is 10.1. The number of rotatable bonds is 2. The van der Waals surface area contributed by atoms with E-state index in [4.69, 9.17) is 16.1 Å². The zero-order valence-corrected chi connectivity index (χ0v) is 12.7. The number of carbonyl (C=O) groups excluding carboxylic acids is 1. The summed E-state index contributed by atoms with van der Waals surface area (Å²) in [6, 6.07) is 4.44. The highest BCUT2D eigenvalue weighted by Gasteiger charge is 2.33. The molecule has 1 aromatic carbocycles. The van der Waals surface area contributed by atoms with Gasteiger partial charge in [-0.3, -0.25) is 0 Å². The fraction of sp³-hybridized carbons (Fsp3) is 0.286. The monoisotopic (exact) mass is 335 g/mol. The molecule has 0 atom stereocenters. The minimum atomic E-state index is -4.59. The van der Waals surface area contributed by atoms with Gasteiger partial charge in [0.2, 0.25) is 0 Å². The van der Waals surface area contributed by atoms with Gasteiger partial charge in [0.1, 0.15) is 0 Å². The van der Waals surface area contributed by atoms with Crippen molar-refractivity contribution in [2.75, 3.05) is 7.11 Å². The van der Waals surface area contributed by atoms with Crippen LogP contribution in [0.2, 0.25) is 5.02 Å². The van der Waals surface area contributed by atoms with Crippen LogP contribution in [0.25, 0.3) is 11.3 Å². The van der Waals surface area contributed by atoms with E-state index in [9.17, 15) is 18.0 Å². The maximum atomic E-state index is 12.7. The van der Waals surface area contributed by atoms with E-state index in [0.717, 1.165) is 19.2 Å². The first-order valence-electron chi connectivity index (χ1n) is 6.25. The number of alkyl halides is 3.